The Balaban J connectivity index is 2.16. The normalized spacial score (nSPS) is 50.1. The molecule has 0 spiro atoms. The minimum absolute atomic E-state index is 0.706. The monoisotopic (exact) mass is 138 g/mol. The van der Waals surface area contributed by atoms with Gasteiger partial charge in [-0.3, -0.25) is 0 Å². The van der Waals surface area contributed by atoms with Gasteiger partial charge in [-0.05, 0) is 36.0 Å². The highest BCUT2D eigenvalue weighted by molar-refractivity contribution is 5.01. The molecule has 3 atom stereocenters. The molecule has 10 heavy (non-hydrogen) atoms. The van der Waals surface area contributed by atoms with E-state index < -0.39 is 0 Å². The summed E-state index contributed by atoms with van der Waals surface area (Å²) < 4.78 is 0. The van der Waals surface area contributed by atoms with Gasteiger partial charge in [-0.15, -0.1) is 0 Å². The molecule has 0 aromatic rings. The summed E-state index contributed by atoms with van der Waals surface area (Å²) in [7, 11) is 0. The lowest BCUT2D eigenvalue weighted by Crippen LogP contribution is -2.51. The number of rotatable bonds is 0. The summed E-state index contributed by atoms with van der Waals surface area (Å²) in [6.45, 7) is 7.35. The molecule has 0 nitrogen and oxygen atoms in total. The van der Waals surface area contributed by atoms with Gasteiger partial charge in [0.05, 0.1) is 0 Å². The van der Waals surface area contributed by atoms with Crippen LogP contribution < -0.4 is 0 Å². The predicted octanol–water partition coefficient (Wildman–Crippen LogP) is 3.08. The summed E-state index contributed by atoms with van der Waals surface area (Å²) in [5, 5.41) is 0. The van der Waals surface area contributed by atoms with Gasteiger partial charge in [0.25, 0.3) is 0 Å². The standard InChI is InChI=1S/C10H18/c1-7-4-5-8-6-9(7)10(8,2)3/h7-9H,4-6H2,1-3H3/t7-,8+,9?/m1/s1. The van der Waals surface area contributed by atoms with Crippen LogP contribution in [0, 0.1) is 23.2 Å². The second kappa shape index (κ2) is 1.78. The third-order valence-corrected chi connectivity index (χ3v) is 4.20. The zero-order chi connectivity index (χ0) is 7.35. The second-order valence-electron chi connectivity index (χ2n) is 4.92. The number of hydrogen-bond acceptors (Lipinski definition) is 0. The van der Waals surface area contributed by atoms with E-state index in [1.54, 1.807) is 0 Å². The molecular weight excluding hydrogens is 120 g/mol. The Morgan fingerprint density at radius 2 is 1.90 bits per heavy atom. The molecule has 0 heterocycles. The van der Waals surface area contributed by atoms with E-state index in [-0.39, 0.29) is 0 Å². The van der Waals surface area contributed by atoms with Crippen molar-refractivity contribution >= 4 is 0 Å². The Hall–Kier alpha value is 0. The quantitative estimate of drug-likeness (QED) is 0.482. The van der Waals surface area contributed by atoms with E-state index in [1.165, 1.54) is 19.3 Å². The minimum Gasteiger partial charge on any atom is -0.0622 e. The molecule has 0 N–H and O–H groups in total. The zero-order valence-electron chi connectivity index (χ0n) is 7.35. The van der Waals surface area contributed by atoms with Gasteiger partial charge >= 0.3 is 0 Å². The molecule has 3 rings (SSSR count). The van der Waals surface area contributed by atoms with Crippen molar-refractivity contribution in [3.8, 4) is 0 Å². The predicted molar refractivity (Wildman–Crippen MR) is 43.8 cm³/mol. The van der Waals surface area contributed by atoms with Gasteiger partial charge in [0.2, 0.25) is 0 Å². The second-order valence-corrected chi connectivity index (χ2v) is 4.92. The summed E-state index contributed by atoms with van der Waals surface area (Å²) in [6.07, 6.45) is 4.54. The van der Waals surface area contributed by atoms with Gasteiger partial charge in [-0.1, -0.05) is 27.2 Å². The van der Waals surface area contributed by atoms with Crippen molar-refractivity contribution in [3.05, 3.63) is 0 Å². The van der Waals surface area contributed by atoms with Crippen LogP contribution in [0.25, 0.3) is 0 Å². The van der Waals surface area contributed by atoms with Crippen LogP contribution in [0.4, 0.5) is 0 Å². The summed E-state index contributed by atoms with van der Waals surface area (Å²) in [5.41, 5.74) is 0.706. The Labute approximate surface area is 64.0 Å². The van der Waals surface area contributed by atoms with Crippen LogP contribution in [0.15, 0.2) is 0 Å². The molecule has 0 heteroatoms. The van der Waals surface area contributed by atoms with Gasteiger partial charge in [0.1, 0.15) is 0 Å². The first-order valence-electron chi connectivity index (χ1n) is 4.62. The fourth-order valence-electron chi connectivity index (χ4n) is 3.18. The highest BCUT2D eigenvalue weighted by Crippen LogP contribution is 2.61. The van der Waals surface area contributed by atoms with E-state index in [4.69, 9.17) is 0 Å². The van der Waals surface area contributed by atoms with Crippen LogP contribution in [0.3, 0.4) is 0 Å². The number of hydrogen-bond donors (Lipinski definition) is 0. The van der Waals surface area contributed by atoms with Crippen LogP contribution in [-0.4, -0.2) is 0 Å². The lowest BCUT2D eigenvalue weighted by molar-refractivity contribution is -0.0988. The van der Waals surface area contributed by atoms with Gasteiger partial charge in [0.15, 0.2) is 0 Å². The lowest BCUT2D eigenvalue weighted by Gasteiger charge is -2.59. The molecule has 3 aliphatic rings. The largest absolute Gasteiger partial charge is 0.0622 e. The van der Waals surface area contributed by atoms with E-state index in [2.05, 4.69) is 20.8 Å². The van der Waals surface area contributed by atoms with Crippen LogP contribution in [0.1, 0.15) is 40.0 Å². The molecule has 1 unspecified atom stereocenters. The maximum absolute atomic E-state index is 2.46. The van der Waals surface area contributed by atoms with Crippen molar-refractivity contribution in [2.24, 2.45) is 23.2 Å². The molecule has 3 saturated carbocycles. The highest BCUT2D eigenvalue weighted by Gasteiger charge is 2.52. The maximum Gasteiger partial charge on any atom is -0.0295 e. The molecule has 0 radical (unpaired) electrons. The Bertz CT molecular complexity index is 144. The molecular formula is C10H18. The Morgan fingerprint density at radius 3 is 2.20 bits per heavy atom. The molecule has 3 aliphatic carbocycles. The lowest BCUT2D eigenvalue weighted by atomic mass is 9.46. The first kappa shape index (κ1) is 6.69. The average Bonchev–Trinajstić information content (AvgIpc) is 1.87. The molecule has 3 fully saturated rings. The maximum atomic E-state index is 2.46. The summed E-state index contributed by atoms with van der Waals surface area (Å²) >= 11 is 0. The summed E-state index contributed by atoms with van der Waals surface area (Å²) in [5.74, 6) is 3.15. The minimum atomic E-state index is 0.706. The van der Waals surface area contributed by atoms with Crippen molar-refractivity contribution in [3.63, 3.8) is 0 Å². The molecule has 58 valence electrons. The highest BCUT2D eigenvalue weighted by atomic mass is 14.6. The first-order chi connectivity index (χ1) is 4.62. The molecule has 2 bridgehead atoms. The Kier molecular flexibility index (Phi) is 1.19. The van der Waals surface area contributed by atoms with E-state index >= 15 is 0 Å². The molecule has 0 aliphatic heterocycles. The van der Waals surface area contributed by atoms with Crippen molar-refractivity contribution in [1.82, 2.24) is 0 Å². The van der Waals surface area contributed by atoms with Crippen LogP contribution in [0.5, 0.6) is 0 Å². The van der Waals surface area contributed by atoms with E-state index in [0.29, 0.717) is 5.41 Å². The van der Waals surface area contributed by atoms with E-state index in [1.807, 2.05) is 0 Å². The molecule has 0 amide bonds. The Morgan fingerprint density at radius 1 is 1.20 bits per heavy atom. The van der Waals surface area contributed by atoms with Gasteiger partial charge in [0, 0.05) is 0 Å². The van der Waals surface area contributed by atoms with Crippen molar-refractivity contribution < 1.29 is 0 Å². The fraction of sp³-hybridized carbons (Fsp3) is 1.00. The van der Waals surface area contributed by atoms with Crippen LogP contribution >= 0.6 is 0 Å². The van der Waals surface area contributed by atoms with E-state index in [9.17, 15) is 0 Å². The first-order valence-corrected chi connectivity index (χ1v) is 4.62. The third-order valence-electron chi connectivity index (χ3n) is 4.20. The zero-order valence-corrected chi connectivity index (χ0v) is 7.35. The van der Waals surface area contributed by atoms with Gasteiger partial charge < -0.3 is 0 Å². The SMILES string of the molecule is C[C@@H]1CC[C@H]2CC1C2(C)C. The molecule has 0 aromatic carbocycles. The molecule has 0 aromatic heterocycles. The molecule has 0 saturated heterocycles. The van der Waals surface area contributed by atoms with E-state index in [0.717, 1.165) is 17.8 Å². The summed E-state index contributed by atoms with van der Waals surface area (Å²) in [6, 6.07) is 0. The van der Waals surface area contributed by atoms with Crippen molar-refractivity contribution in [1.29, 1.82) is 0 Å². The average molecular weight is 138 g/mol. The summed E-state index contributed by atoms with van der Waals surface area (Å²) in [4.78, 5) is 0. The van der Waals surface area contributed by atoms with Gasteiger partial charge in [-0.25, -0.2) is 0 Å². The number of fused-ring (bicyclic) bond motifs is 2. The topological polar surface area (TPSA) is 0 Å². The third kappa shape index (κ3) is 0.627. The van der Waals surface area contributed by atoms with Crippen LogP contribution in [-0.2, 0) is 0 Å². The van der Waals surface area contributed by atoms with Crippen molar-refractivity contribution in [2.45, 2.75) is 40.0 Å². The van der Waals surface area contributed by atoms with Crippen molar-refractivity contribution in [2.75, 3.05) is 0 Å². The van der Waals surface area contributed by atoms with Crippen LogP contribution in [0.2, 0.25) is 0 Å². The van der Waals surface area contributed by atoms with Gasteiger partial charge in [-0.2, -0.15) is 0 Å². The smallest absolute Gasteiger partial charge is 0.0295 e. The fourth-order valence-corrected chi connectivity index (χ4v) is 3.18.